The van der Waals surface area contributed by atoms with E-state index in [1.165, 1.54) is 6.92 Å². The van der Waals surface area contributed by atoms with Crippen molar-refractivity contribution in [3.8, 4) is 0 Å². The van der Waals surface area contributed by atoms with Crippen LogP contribution < -0.4 is 33.2 Å². The summed E-state index contributed by atoms with van der Waals surface area (Å²) in [5.74, 6) is -4.91. The number of hydrogen-bond donors (Lipinski definition) is 9. The standard InChI is InChI=1S/C17H31N7O7S/c1-8(22-14(28)9(18)4-5-12(25)26)13(27)24-11(7-32)15(29)23-10(16(30)31)3-2-6-21-17(19)20/h8-11,32H,2-7,18H2,1H3,(H,22,28)(H,23,29)(H,24,27)(H,25,26)(H,30,31)(H4,19,20,21). The van der Waals surface area contributed by atoms with Crippen molar-refractivity contribution < 1.29 is 34.2 Å². The van der Waals surface area contributed by atoms with Crippen LogP contribution in [0.1, 0.15) is 32.6 Å². The van der Waals surface area contributed by atoms with Crippen molar-refractivity contribution in [3.63, 3.8) is 0 Å². The van der Waals surface area contributed by atoms with Crippen LogP contribution in [-0.2, 0) is 24.0 Å². The van der Waals surface area contributed by atoms with Crippen LogP contribution in [0, 0.1) is 0 Å². The quantitative estimate of drug-likeness (QED) is 0.0492. The van der Waals surface area contributed by atoms with Crippen LogP contribution >= 0.6 is 12.6 Å². The number of carbonyl (C=O) groups is 5. The van der Waals surface area contributed by atoms with Crippen LogP contribution in [0.5, 0.6) is 0 Å². The monoisotopic (exact) mass is 477 g/mol. The third kappa shape index (κ3) is 11.9. The number of carboxylic acids is 2. The number of carbonyl (C=O) groups excluding carboxylic acids is 3. The van der Waals surface area contributed by atoms with Crippen molar-refractivity contribution in [2.24, 2.45) is 22.2 Å². The van der Waals surface area contributed by atoms with Gasteiger partial charge in [-0.2, -0.15) is 12.6 Å². The summed E-state index contributed by atoms with van der Waals surface area (Å²) in [4.78, 5) is 62.3. The molecule has 0 bridgehead atoms. The van der Waals surface area contributed by atoms with Crippen LogP contribution in [0.4, 0.5) is 0 Å². The molecule has 0 aromatic carbocycles. The van der Waals surface area contributed by atoms with E-state index in [-0.39, 0.29) is 43.9 Å². The van der Waals surface area contributed by atoms with Gasteiger partial charge in [0.2, 0.25) is 17.7 Å². The molecule has 182 valence electrons. The molecule has 0 saturated carbocycles. The maximum absolute atomic E-state index is 12.4. The van der Waals surface area contributed by atoms with Crippen molar-refractivity contribution in [1.82, 2.24) is 16.0 Å². The number of nitrogens with zero attached hydrogens (tertiary/aromatic N) is 1. The van der Waals surface area contributed by atoms with Gasteiger partial charge < -0.3 is 43.4 Å². The molecule has 0 radical (unpaired) electrons. The number of amides is 3. The number of thiol groups is 1. The Labute approximate surface area is 190 Å². The summed E-state index contributed by atoms with van der Waals surface area (Å²) < 4.78 is 0. The third-order valence-electron chi connectivity index (χ3n) is 4.13. The van der Waals surface area contributed by atoms with Gasteiger partial charge in [0, 0.05) is 18.7 Å². The number of aliphatic carboxylic acids is 2. The maximum atomic E-state index is 12.4. The summed E-state index contributed by atoms with van der Waals surface area (Å²) in [5, 5.41) is 24.9. The molecule has 0 aliphatic rings. The Morgan fingerprint density at radius 2 is 1.53 bits per heavy atom. The fraction of sp³-hybridized carbons (Fsp3) is 0.647. The molecule has 4 unspecified atom stereocenters. The van der Waals surface area contributed by atoms with Crippen LogP contribution in [0.25, 0.3) is 0 Å². The average Bonchev–Trinajstić information content (AvgIpc) is 2.71. The summed E-state index contributed by atoms with van der Waals surface area (Å²) in [6, 6.07) is -4.63. The first-order valence-electron chi connectivity index (χ1n) is 9.66. The molecule has 11 N–H and O–H groups in total. The average molecular weight is 478 g/mol. The number of nitrogens with one attached hydrogen (secondary N) is 3. The van der Waals surface area contributed by atoms with E-state index in [1.807, 2.05) is 0 Å². The molecular formula is C17H31N7O7S. The molecule has 4 atom stereocenters. The van der Waals surface area contributed by atoms with E-state index in [1.54, 1.807) is 0 Å². The van der Waals surface area contributed by atoms with Crippen molar-refractivity contribution >= 4 is 48.2 Å². The van der Waals surface area contributed by atoms with E-state index in [0.29, 0.717) is 0 Å². The van der Waals surface area contributed by atoms with Crippen molar-refractivity contribution in [2.75, 3.05) is 12.3 Å². The molecule has 0 aliphatic carbocycles. The molecule has 0 aromatic heterocycles. The normalized spacial score (nSPS) is 14.2. The second-order valence-corrected chi connectivity index (χ2v) is 7.23. The van der Waals surface area contributed by atoms with Crippen LogP contribution in [0.15, 0.2) is 4.99 Å². The molecule has 14 nitrogen and oxygen atoms in total. The first kappa shape index (κ1) is 28.9. The number of carboxylic acid groups (broad SMARTS) is 2. The zero-order valence-corrected chi connectivity index (χ0v) is 18.5. The lowest BCUT2D eigenvalue weighted by Crippen LogP contribution is -2.57. The lowest BCUT2D eigenvalue weighted by atomic mass is 10.1. The molecule has 0 fully saturated rings. The van der Waals surface area contributed by atoms with Crippen LogP contribution in [0.3, 0.4) is 0 Å². The molecule has 0 rings (SSSR count). The lowest BCUT2D eigenvalue weighted by molar-refractivity contribution is -0.142. The van der Waals surface area contributed by atoms with Gasteiger partial charge in [0.05, 0.1) is 6.04 Å². The first-order chi connectivity index (χ1) is 14.9. The minimum absolute atomic E-state index is 0.0474. The summed E-state index contributed by atoms with van der Waals surface area (Å²) in [5.41, 5.74) is 16.0. The van der Waals surface area contributed by atoms with Crippen LogP contribution in [-0.4, -0.2) is 82.3 Å². The topological polar surface area (TPSA) is 252 Å². The molecule has 0 aromatic rings. The summed E-state index contributed by atoms with van der Waals surface area (Å²) in [7, 11) is 0. The Bertz CT molecular complexity index is 715. The van der Waals surface area contributed by atoms with E-state index in [4.69, 9.17) is 22.3 Å². The van der Waals surface area contributed by atoms with Gasteiger partial charge in [0.15, 0.2) is 5.96 Å². The second kappa shape index (κ2) is 14.9. The Kier molecular flexibility index (Phi) is 13.4. The van der Waals surface area contributed by atoms with Gasteiger partial charge in [-0.25, -0.2) is 4.79 Å². The molecule has 0 saturated heterocycles. The number of aliphatic imine (C=N–C) groups is 1. The Morgan fingerprint density at radius 1 is 0.938 bits per heavy atom. The van der Waals surface area contributed by atoms with Crippen molar-refractivity contribution in [2.45, 2.75) is 56.8 Å². The molecule has 0 heterocycles. The number of rotatable bonds is 15. The van der Waals surface area contributed by atoms with E-state index < -0.39 is 53.8 Å². The highest BCUT2D eigenvalue weighted by molar-refractivity contribution is 7.80. The zero-order chi connectivity index (χ0) is 24.8. The van der Waals surface area contributed by atoms with E-state index in [2.05, 4.69) is 33.6 Å². The molecule has 0 aliphatic heterocycles. The van der Waals surface area contributed by atoms with Gasteiger partial charge in [-0.15, -0.1) is 0 Å². The predicted octanol–water partition coefficient (Wildman–Crippen LogP) is -3.28. The van der Waals surface area contributed by atoms with Gasteiger partial charge in [-0.05, 0) is 26.2 Å². The first-order valence-corrected chi connectivity index (χ1v) is 10.3. The fourth-order valence-corrected chi connectivity index (χ4v) is 2.58. The largest absolute Gasteiger partial charge is 0.481 e. The Morgan fingerprint density at radius 3 is 2.03 bits per heavy atom. The van der Waals surface area contributed by atoms with E-state index in [0.717, 1.165) is 0 Å². The Hall–Kier alpha value is -3.07. The van der Waals surface area contributed by atoms with Crippen molar-refractivity contribution in [1.29, 1.82) is 0 Å². The summed E-state index contributed by atoms with van der Waals surface area (Å²) >= 11 is 4.00. The van der Waals surface area contributed by atoms with Gasteiger partial charge in [-0.1, -0.05) is 0 Å². The van der Waals surface area contributed by atoms with Gasteiger partial charge in [0.25, 0.3) is 0 Å². The number of hydrogen-bond acceptors (Lipinski definition) is 8. The maximum Gasteiger partial charge on any atom is 0.326 e. The lowest BCUT2D eigenvalue weighted by Gasteiger charge is -2.22. The highest BCUT2D eigenvalue weighted by Gasteiger charge is 2.28. The highest BCUT2D eigenvalue weighted by Crippen LogP contribution is 2.01. The molecular weight excluding hydrogens is 446 g/mol. The van der Waals surface area contributed by atoms with Gasteiger partial charge >= 0.3 is 11.9 Å². The molecule has 3 amide bonds. The molecule has 15 heteroatoms. The zero-order valence-electron chi connectivity index (χ0n) is 17.6. The molecule has 32 heavy (non-hydrogen) atoms. The van der Waals surface area contributed by atoms with Crippen LogP contribution in [0.2, 0.25) is 0 Å². The van der Waals surface area contributed by atoms with E-state index >= 15 is 0 Å². The minimum Gasteiger partial charge on any atom is -0.481 e. The summed E-state index contributed by atoms with van der Waals surface area (Å²) in [6.07, 6.45) is -0.0886. The van der Waals surface area contributed by atoms with E-state index in [9.17, 15) is 29.1 Å². The smallest absolute Gasteiger partial charge is 0.326 e. The fourth-order valence-electron chi connectivity index (χ4n) is 2.32. The third-order valence-corrected chi connectivity index (χ3v) is 4.50. The number of guanidine groups is 1. The van der Waals surface area contributed by atoms with Crippen molar-refractivity contribution in [3.05, 3.63) is 0 Å². The summed E-state index contributed by atoms with van der Waals surface area (Å²) in [6.45, 7) is 1.52. The SMILES string of the molecule is CC(NC(=O)C(N)CCC(=O)O)C(=O)NC(CS)C(=O)NC(CCCN=C(N)N)C(=O)O. The highest BCUT2D eigenvalue weighted by atomic mass is 32.1. The Balaban J connectivity index is 4.79. The number of nitrogens with two attached hydrogens (primary N) is 3. The predicted molar refractivity (Wildman–Crippen MR) is 118 cm³/mol. The van der Waals surface area contributed by atoms with Gasteiger partial charge in [-0.3, -0.25) is 24.2 Å². The molecule has 0 spiro atoms. The minimum atomic E-state index is -1.27. The second-order valence-electron chi connectivity index (χ2n) is 6.86. The van der Waals surface area contributed by atoms with Gasteiger partial charge in [0.1, 0.15) is 18.1 Å².